The zero-order chi connectivity index (χ0) is 20.0. The number of nitrogens with one attached hydrogen (secondary N) is 1. The minimum absolute atomic E-state index is 0.0315. The van der Waals surface area contributed by atoms with Crippen LogP contribution in [0.1, 0.15) is 13.3 Å². The van der Waals surface area contributed by atoms with E-state index in [1.807, 2.05) is 0 Å². The number of benzene rings is 2. The molecule has 0 bridgehead atoms. The van der Waals surface area contributed by atoms with E-state index in [9.17, 15) is 14.0 Å². The second kappa shape index (κ2) is 9.23. The van der Waals surface area contributed by atoms with Crippen LogP contribution in [0.3, 0.4) is 0 Å². The van der Waals surface area contributed by atoms with Gasteiger partial charge in [-0.05, 0) is 30.3 Å². The molecule has 27 heavy (non-hydrogen) atoms. The molecule has 2 aromatic carbocycles. The Morgan fingerprint density at radius 3 is 2.48 bits per heavy atom. The van der Waals surface area contributed by atoms with Crippen LogP contribution in [0.25, 0.3) is 0 Å². The average molecular weight is 395 g/mol. The number of anilines is 2. The number of halogens is 2. The molecule has 2 rings (SSSR count). The highest BCUT2D eigenvalue weighted by Gasteiger charge is 2.18. The number of carbonyl (C=O) groups excluding carboxylic acids is 2. The second-order valence-corrected chi connectivity index (χ2v) is 6.04. The van der Waals surface area contributed by atoms with E-state index in [1.165, 1.54) is 44.2 Å². The van der Waals surface area contributed by atoms with Crippen LogP contribution in [0.4, 0.5) is 15.8 Å². The maximum Gasteiger partial charge on any atom is 0.226 e. The van der Waals surface area contributed by atoms with Crippen molar-refractivity contribution in [3.05, 3.63) is 47.2 Å². The molecular weight excluding hydrogens is 375 g/mol. The van der Waals surface area contributed by atoms with Crippen LogP contribution in [0.15, 0.2) is 36.4 Å². The van der Waals surface area contributed by atoms with Gasteiger partial charge in [0.05, 0.1) is 24.9 Å². The fourth-order valence-corrected chi connectivity index (χ4v) is 2.65. The fourth-order valence-electron chi connectivity index (χ4n) is 2.47. The van der Waals surface area contributed by atoms with Gasteiger partial charge in [-0.3, -0.25) is 9.59 Å². The summed E-state index contributed by atoms with van der Waals surface area (Å²) in [6.07, 6.45) is 0.0315. The molecule has 6 nitrogen and oxygen atoms in total. The van der Waals surface area contributed by atoms with Gasteiger partial charge >= 0.3 is 0 Å². The first-order valence-corrected chi connectivity index (χ1v) is 8.48. The lowest BCUT2D eigenvalue weighted by Gasteiger charge is -2.23. The van der Waals surface area contributed by atoms with Gasteiger partial charge in [0.1, 0.15) is 17.3 Å². The molecule has 2 aromatic rings. The SMILES string of the molecule is COc1ccc(N(CCC(=O)Nc2ccc(F)c(Cl)c2)C(C)=O)c(OC)c1. The highest BCUT2D eigenvalue weighted by molar-refractivity contribution is 6.31. The van der Waals surface area contributed by atoms with E-state index < -0.39 is 5.82 Å². The van der Waals surface area contributed by atoms with Gasteiger partial charge < -0.3 is 19.7 Å². The van der Waals surface area contributed by atoms with Gasteiger partial charge in [0.15, 0.2) is 0 Å². The topological polar surface area (TPSA) is 67.9 Å². The summed E-state index contributed by atoms with van der Waals surface area (Å²) >= 11 is 5.70. The lowest BCUT2D eigenvalue weighted by atomic mass is 10.2. The van der Waals surface area contributed by atoms with Gasteiger partial charge in [-0.1, -0.05) is 11.6 Å². The molecule has 0 aromatic heterocycles. The standard InChI is InChI=1S/C19H20ClFN2O4/c1-12(24)23(17-7-5-14(26-2)11-18(17)27-3)9-8-19(25)22-13-4-6-16(21)15(20)10-13/h4-7,10-11H,8-9H2,1-3H3,(H,22,25). The predicted molar refractivity (Wildman–Crippen MR) is 102 cm³/mol. The van der Waals surface area contributed by atoms with Gasteiger partial charge in [0.2, 0.25) is 11.8 Å². The monoisotopic (exact) mass is 394 g/mol. The van der Waals surface area contributed by atoms with Crippen molar-refractivity contribution in [1.29, 1.82) is 0 Å². The van der Waals surface area contributed by atoms with Gasteiger partial charge in [0, 0.05) is 31.6 Å². The van der Waals surface area contributed by atoms with Crippen LogP contribution >= 0.6 is 11.6 Å². The predicted octanol–water partition coefficient (Wildman–Crippen LogP) is 3.88. The molecule has 0 aliphatic heterocycles. The van der Waals surface area contributed by atoms with Gasteiger partial charge in [-0.25, -0.2) is 4.39 Å². The quantitative estimate of drug-likeness (QED) is 0.773. The van der Waals surface area contributed by atoms with E-state index in [4.69, 9.17) is 21.1 Å². The minimum atomic E-state index is -0.566. The summed E-state index contributed by atoms with van der Waals surface area (Å²) in [5.74, 6) is -0.100. The molecular formula is C19H20ClFN2O4. The van der Waals surface area contributed by atoms with Crippen molar-refractivity contribution in [2.24, 2.45) is 0 Å². The Hall–Kier alpha value is -2.80. The van der Waals surface area contributed by atoms with Crippen LogP contribution in [0.5, 0.6) is 11.5 Å². The number of hydrogen-bond donors (Lipinski definition) is 1. The highest BCUT2D eigenvalue weighted by atomic mass is 35.5. The summed E-state index contributed by atoms with van der Waals surface area (Å²) in [6.45, 7) is 1.54. The molecule has 1 N–H and O–H groups in total. The van der Waals surface area contributed by atoms with Crippen molar-refractivity contribution < 1.29 is 23.5 Å². The lowest BCUT2D eigenvalue weighted by molar-refractivity contribution is -0.117. The maximum absolute atomic E-state index is 13.2. The molecule has 0 spiro atoms. The van der Waals surface area contributed by atoms with Crippen LogP contribution in [0, 0.1) is 5.82 Å². The summed E-state index contributed by atoms with van der Waals surface area (Å²) < 4.78 is 23.7. The van der Waals surface area contributed by atoms with Crippen molar-refractivity contribution in [3.8, 4) is 11.5 Å². The van der Waals surface area contributed by atoms with Crippen molar-refractivity contribution in [3.63, 3.8) is 0 Å². The summed E-state index contributed by atoms with van der Waals surface area (Å²) in [4.78, 5) is 25.7. The first kappa shape index (κ1) is 20.5. The molecule has 0 aliphatic carbocycles. The number of amides is 2. The van der Waals surface area contributed by atoms with Gasteiger partial charge in [-0.15, -0.1) is 0 Å². The highest BCUT2D eigenvalue weighted by Crippen LogP contribution is 2.32. The fraction of sp³-hybridized carbons (Fsp3) is 0.263. The molecule has 0 heterocycles. The summed E-state index contributed by atoms with van der Waals surface area (Å²) in [5, 5.41) is 2.54. The van der Waals surface area contributed by atoms with Crippen LogP contribution < -0.4 is 19.7 Å². The summed E-state index contributed by atoms with van der Waals surface area (Å²) in [6, 6.07) is 8.96. The number of ether oxygens (including phenoxy) is 2. The van der Waals surface area contributed by atoms with E-state index in [0.29, 0.717) is 22.9 Å². The Balaban J connectivity index is 2.09. The molecule has 2 amide bonds. The van der Waals surface area contributed by atoms with Crippen LogP contribution in [-0.4, -0.2) is 32.6 Å². The first-order valence-electron chi connectivity index (χ1n) is 8.10. The molecule has 0 atom stereocenters. The average Bonchev–Trinajstić information content (AvgIpc) is 2.64. The smallest absolute Gasteiger partial charge is 0.226 e. The minimum Gasteiger partial charge on any atom is -0.497 e. The van der Waals surface area contributed by atoms with Crippen LogP contribution in [0.2, 0.25) is 5.02 Å². The van der Waals surface area contributed by atoms with Gasteiger partial charge in [0.25, 0.3) is 0 Å². The zero-order valence-electron chi connectivity index (χ0n) is 15.2. The van der Waals surface area contributed by atoms with E-state index in [0.717, 1.165) is 0 Å². The Morgan fingerprint density at radius 1 is 1.15 bits per heavy atom. The normalized spacial score (nSPS) is 10.3. The zero-order valence-corrected chi connectivity index (χ0v) is 16.0. The Bertz CT molecular complexity index is 844. The number of nitrogens with zero attached hydrogens (tertiary/aromatic N) is 1. The molecule has 0 fully saturated rings. The first-order chi connectivity index (χ1) is 12.8. The Morgan fingerprint density at radius 2 is 1.89 bits per heavy atom. The molecule has 0 unspecified atom stereocenters. The van der Waals surface area contributed by atoms with E-state index in [2.05, 4.69) is 5.32 Å². The van der Waals surface area contributed by atoms with E-state index in [-0.39, 0.29) is 29.8 Å². The lowest BCUT2D eigenvalue weighted by Crippen LogP contribution is -2.32. The Kier molecular flexibility index (Phi) is 7.01. The summed E-state index contributed by atoms with van der Waals surface area (Å²) in [7, 11) is 3.02. The van der Waals surface area contributed by atoms with Crippen molar-refractivity contribution in [1.82, 2.24) is 0 Å². The third-order valence-electron chi connectivity index (χ3n) is 3.82. The number of carbonyl (C=O) groups is 2. The van der Waals surface area contributed by atoms with Crippen molar-refractivity contribution >= 4 is 34.8 Å². The maximum atomic E-state index is 13.2. The number of hydrogen-bond acceptors (Lipinski definition) is 4. The van der Waals surface area contributed by atoms with Gasteiger partial charge in [-0.2, -0.15) is 0 Å². The Labute approximate surface area is 161 Å². The molecule has 8 heteroatoms. The van der Waals surface area contributed by atoms with E-state index in [1.54, 1.807) is 18.2 Å². The number of rotatable bonds is 7. The van der Waals surface area contributed by atoms with Crippen LogP contribution in [-0.2, 0) is 9.59 Å². The number of methoxy groups -OCH3 is 2. The largest absolute Gasteiger partial charge is 0.497 e. The molecule has 0 saturated carbocycles. The van der Waals surface area contributed by atoms with E-state index >= 15 is 0 Å². The molecule has 0 saturated heterocycles. The molecule has 144 valence electrons. The van der Waals surface area contributed by atoms with Crippen molar-refractivity contribution in [2.45, 2.75) is 13.3 Å². The summed E-state index contributed by atoms with van der Waals surface area (Å²) in [5.41, 5.74) is 0.909. The van der Waals surface area contributed by atoms with Crippen molar-refractivity contribution in [2.75, 3.05) is 31.0 Å². The molecule has 0 radical (unpaired) electrons. The third kappa shape index (κ3) is 5.34. The molecule has 0 aliphatic rings. The second-order valence-electron chi connectivity index (χ2n) is 5.64. The third-order valence-corrected chi connectivity index (χ3v) is 4.11.